The molecule has 1 aromatic carbocycles. The summed E-state index contributed by atoms with van der Waals surface area (Å²) in [5.41, 5.74) is 1.85. The Hall–Kier alpha value is -2.37. The molecule has 0 aliphatic rings. The van der Waals surface area contributed by atoms with Crippen LogP contribution in [0.15, 0.2) is 64.6 Å². The summed E-state index contributed by atoms with van der Waals surface area (Å²) in [6, 6.07) is 15.9. The number of amides is 1. The third-order valence-electron chi connectivity index (χ3n) is 3.77. The van der Waals surface area contributed by atoms with Crippen molar-refractivity contribution >= 4 is 17.2 Å². The maximum absolute atomic E-state index is 11.6. The molecule has 5 heteroatoms. The minimum Gasteiger partial charge on any atom is -0.468 e. The second kappa shape index (κ2) is 7.95. The molecule has 124 valence electrons. The molecule has 1 amide bonds. The van der Waals surface area contributed by atoms with E-state index in [1.807, 2.05) is 36.4 Å². The van der Waals surface area contributed by atoms with Gasteiger partial charge in [-0.25, -0.2) is 0 Å². The Kier molecular flexibility index (Phi) is 5.46. The first-order valence-electron chi connectivity index (χ1n) is 7.83. The number of hydrogen-bond donors (Lipinski definition) is 1. The predicted octanol–water partition coefficient (Wildman–Crippen LogP) is 3.90. The van der Waals surface area contributed by atoms with E-state index in [1.165, 1.54) is 10.4 Å². The average molecular weight is 340 g/mol. The highest BCUT2D eigenvalue weighted by molar-refractivity contribution is 7.09. The molecule has 0 saturated carbocycles. The van der Waals surface area contributed by atoms with Crippen LogP contribution in [0.3, 0.4) is 0 Å². The molecule has 0 bridgehead atoms. The van der Waals surface area contributed by atoms with Gasteiger partial charge in [-0.15, -0.1) is 11.3 Å². The van der Waals surface area contributed by atoms with Crippen molar-refractivity contribution in [3.05, 3.63) is 81.9 Å². The number of benzene rings is 1. The van der Waals surface area contributed by atoms with E-state index in [4.69, 9.17) is 4.42 Å². The molecule has 0 fully saturated rings. The van der Waals surface area contributed by atoms with Gasteiger partial charge in [0.25, 0.3) is 5.91 Å². The van der Waals surface area contributed by atoms with Gasteiger partial charge in [0.15, 0.2) is 0 Å². The van der Waals surface area contributed by atoms with Crippen LogP contribution in [0, 0.1) is 0 Å². The van der Waals surface area contributed by atoms with Gasteiger partial charge >= 0.3 is 0 Å². The molecule has 1 N–H and O–H groups in total. The van der Waals surface area contributed by atoms with E-state index in [0.717, 1.165) is 25.4 Å². The van der Waals surface area contributed by atoms with Crippen LogP contribution in [0.1, 0.15) is 26.6 Å². The molecule has 0 unspecified atom stereocenters. The summed E-state index contributed by atoms with van der Waals surface area (Å²) in [7, 11) is 1.64. The van der Waals surface area contributed by atoms with Crippen molar-refractivity contribution in [1.29, 1.82) is 0 Å². The Labute approximate surface area is 145 Å². The normalized spacial score (nSPS) is 10.9. The Balaban J connectivity index is 1.71. The van der Waals surface area contributed by atoms with E-state index in [-0.39, 0.29) is 5.91 Å². The Morgan fingerprint density at radius 3 is 2.54 bits per heavy atom. The van der Waals surface area contributed by atoms with Gasteiger partial charge in [0.2, 0.25) is 0 Å². The van der Waals surface area contributed by atoms with Crippen LogP contribution in [0.2, 0.25) is 0 Å². The number of hydrogen-bond acceptors (Lipinski definition) is 4. The lowest BCUT2D eigenvalue weighted by Crippen LogP contribution is -2.22. The molecule has 0 aliphatic heterocycles. The molecule has 24 heavy (non-hydrogen) atoms. The first-order valence-corrected chi connectivity index (χ1v) is 8.70. The van der Waals surface area contributed by atoms with Gasteiger partial charge in [0.05, 0.1) is 12.8 Å². The monoisotopic (exact) mass is 340 g/mol. The van der Waals surface area contributed by atoms with Crippen LogP contribution >= 0.6 is 11.3 Å². The summed E-state index contributed by atoms with van der Waals surface area (Å²) in [5.74, 6) is 0.890. The van der Waals surface area contributed by atoms with E-state index in [9.17, 15) is 4.79 Å². The van der Waals surface area contributed by atoms with Gasteiger partial charge < -0.3 is 9.73 Å². The van der Waals surface area contributed by atoms with E-state index in [2.05, 4.69) is 27.7 Å². The molecule has 3 rings (SSSR count). The highest BCUT2D eigenvalue weighted by atomic mass is 32.1. The van der Waals surface area contributed by atoms with Crippen LogP contribution in [0.25, 0.3) is 0 Å². The van der Waals surface area contributed by atoms with Crippen molar-refractivity contribution in [1.82, 2.24) is 10.2 Å². The Bertz CT molecular complexity index is 713. The van der Waals surface area contributed by atoms with Gasteiger partial charge in [0.1, 0.15) is 5.76 Å². The highest BCUT2D eigenvalue weighted by Crippen LogP contribution is 2.17. The van der Waals surface area contributed by atoms with Crippen LogP contribution in [0.4, 0.5) is 0 Å². The number of rotatable bonds is 7. The second-order valence-electron chi connectivity index (χ2n) is 5.58. The van der Waals surface area contributed by atoms with Crippen LogP contribution in [0.5, 0.6) is 0 Å². The molecule has 0 spiro atoms. The van der Waals surface area contributed by atoms with Crippen molar-refractivity contribution in [3.8, 4) is 0 Å². The molecule has 0 atom stereocenters. The van der Waals surface area contributed by atoms with E-state index < -0.39 is 0 Å². The van der Waals surface area contributed by atoms with Gasteiger partial charge in [0, 0.05) is 30.6 Å². The fourth-order valence-electron chi connectivity index (χ4n) is 2.58. The van der Waals surface area contributed by atoms with E-state index in [0.29, 0.717) is 5.56 Å². The van der Waals surface area contributed by atoms with Crippen molar-refractivity contribution in [2.24, 2.45) is 0 Å². The number of carbonyl (C=O) groups is 1. The second-order valence-corrected chi connectivity index (χ2v) is 6.61. The van der Waals surface area contributed by atoms with Crippen molar-refractivity contribution in [3.63, 3.8) is 0 Å². The summed E-state index contributed by atoms with van der Waals surface area (Å²) in [5, 5.41) is 4.74. The Morgan fingerprint density at radius 2 is 1.92 bits per heavy atom. The zero-order valence-electron chi connectivity index (χ0n) is 13.6. The molecular formula is C19H20N2O2S. The SMILES string of the molecule is CNC(=O)c1ccc(CN(Cc2ccco2)Cc2cccs2)cc1. The lowest BCUT2D eigenvalue weighted by Gasteiger charge is -2.21. The van der Waals surface area contributed by atoms with Gasteiger partial charge in [-0.2, -0.15) is 0 Å². The minimum atomic E-state index is -0.0624. The maximum atomic E-state index is 11.6. The topological polar surface area (TPSA) is 45.5 Å². The molecule has 2 heterocycles. The first kappa shape index (κ1) is 16.5. The van der Waals surface area contributed by atoms with Gasteiger partial charge in [-0.05, 0) is 41.3 Å². The number of furan rings is 1. The van der Waals surface area contributed by atoms with E-state index >= 15 is 0 Å². The summed E-state index contributed by atoms with van der Waals surface area (Å²) in [6.45, 7) is 2.42. The largest absolute Gasteiger partial charge is 0.468 e. The zero-order chi connectivity index (χ0) is 16.8. The maximum Gasteiger partial charge on any atom is 0.251 e. The van der Waals surface area contributed by atoms with Crippen LogP contribution in [-0.4, -0.2) is 17.9 Å². The molecule has 4 nitrogen and oxygen atoms in total. The summed E-state index contributed by atoms with van der Waals surface area (Å²) >= 11 is 1.76. The smallest absolute Gasteiger partial charge is 0.251 e. The van der Waals surface area contributed by atoms with Gasteiger partial charge in [-0.3, -0.25) is 9.69 Å². The molecule has 2 aromatic heterocycles. The summed E-state index contributed by atoms with van der Waals surface area (Å²) in [6.07, 6.45) is 1.71. The number of carbonyl (C=O) groups excluding carboxylic acids is 1. The molecule has 0 aliphatic carbocycles. The predicted molar refractivity (Wildman–Crippen MR) is 95.8 cm³/mol. The highest BCUT2D eigenvalue weighted by Gasteiger charge is 2.11. The zero-order valence-corrected chi connectivity index (χ0v) is 14.4. The number of thiophene rings is 1. The third-order valence-corrected chi connectivity index (χ3v) is 4.63. The molecule has 0 saturated heterocycles. The quantitative estimate of drug-likeness (QED) is 0.709. The van der Waals surface area contributed by atoms with Gasteiger partial charge in [-0.1, -0.05) is 18.2 Å². The van der Waals surface area contributed by atoms with Crippen molar-refractivity contribution < 1.29 is 9.21 Å². The lowest BCUT2D eigenvalue weighted by molar-refractivity contribution is 0.0963. The first-order chi connectivity index (χ1) is 11.7. The molecule has 0 radical (unpaired) electrons. The Morgan fingerprint density at radius 1 is 1.08 bits per heavy atom. The van der Waals surface area contributed by atoms with Crippen molar-refractivity contribution in [2.45, 2.75) is 19.6 Å². The standard InChI is InChI=1S/C19H20N2O2S/c1-20-19(22)16-8-6-15(7-9-16)12-21(13-17-4-2-10-23-17)14-18-5-3-11-24-18/h2-11H,12-14H2,1H3,(H,20,22). The summed E-state index contributed by atoms with van der Waals surface area (Å²) < 4.78 is 5.49. The van der Waals surface area contributed by atoms with Crippen LogP contribution in [-0.2, 0) is 19.6 Å². The van der Waals surface area contributed by atoms with Crippen molar-refractivity contribution in [2.75, 3.05) is 7.05 Å². The average Bonchev–Trinajstić information content (AvgIpc) is 3.29. The van der Waals surface area contributed by atoms with Crippen LogP contribution < -0.4 is 5.32 Å². The number of nitrogens with zero attached hydrogens (tertiary/aromatic N) is 1. The van der Waals surface area contributed by atoms with E-state index in [1.54, 1.807) is 24.6 Å². The third kappa shape index (κ3) is 4.34. The molecular weight excluding hydrogens is 320 g/mol. The fourth-order valence-corrected chi connectivity index (χ4v) is 3.32. The summed E-state index contributed by atoms with van der Waals surface area (Å²) in [4.78, 5) is 15.3. The lowest BCUT2D eigenvalue weighted by atomic mass is 10.1. The fraction of sp³-hybridized carbons (Fsp3) is 0.211. The number of nitrogens with one attached hydrogen (secondary N) is 1. The minimum absolute atomic E-state index is 0.0624. The molecule has 3 aromatic rings.